The van der Waals surface area contributed by atoms with Crippen molar-refractivity contribution in [1.82, 2.24) is 4.86 Å². The maximum absolute atomic E-state index is 5.37. The Bertz CT molecular complexity index is 879. The summed E-state index contributed by atoms with van der Waals surface area (Å²) in [6.07, 6.45) is 0. The van der Waals surface area contributed by atoms with Gasteiger partial charge < -0.3 is 0 Å². The van der Waals surface area contributed by atoms with E-state index in [0.717, 1.165) is 0 Å². The Hall–Kier alpha value is -1.60. The van der Waals surface area contributed by atoms with Crippen LogP contribution in [0.1, 0.15) is 0 Å². The van der Waals surface area contributed by atoms with Gasteiger partial charge in [0.2, 0.25) is 13.2 Å². The molecule has 0 heterocycles. The number of thiol groups is 2. The molecule has 4 rings (SSSR count). The number of rotatable bonds is 6. The summed E-state index contributed by atoms with van der Waals surface area (Å²) in [5, 5.41) is 4.78. The van der Waals surface area contributed by atoms with Crippen molar-refractivity contribution in [3.8, 4) is 0 Å². The molecule has 4 aromatic rings. The van der Waals surface area contributed by atoms with E-state index >= 15 is 0 Å². The van der Waals surface area contributed by atoms with E-state index in [1.54, 1.807) is 0 Å². The third-order valence-corrected chi connectivity index (χ3v) is 15.7. The van der Waals surface area contributed by atoms with Crippen LogP contribution in [0.5, 0.6) is 0 Å². The van der Waals surface area contributed by atoms with Gasteiger partial charge in [-0.1, -0.05) is 72.8 Å². The smallest absolute Gasteiger partial charge is 0.0620 e. The van der Waals surface area contributed by atoms with Crippen molar-refractivity contribution < 1.29 is 0 Å². The molecule has 0 fully saturated rings. The standard InChI is InChI=1S/C24H23NP2S2/c28-26(21-13-5-1-6-14-21,22-15-7-2-8-16-22)25-27(29,23-17-9-3-10-18-23)24-19-11-4-12-20-24/h1-20,25,28-29H/q+2. The molecule has 0 saturated carbocycles. The lowest BCUT2D eigenvalue weighted by Gasteiger charge is -2.27. The summed E-state index contributed by atoms with van der Waals surface area (Å²) < 4.78 is 0. The predicted octanol–water partition coefficient (Wildman–Crippen LogP) is 5.43. The SMILES string of the molecule is S[P+](N[P+](S)(c1ccccc1)c1ccccc1)(c1ccccc1)c1ccccc1. The molecule has 0 atom stereocenters. The van der Waals surface area contributed by atoms with Crippen molar-refractivity contribution in [2.75, 3.05) is 0 Å². The lowest BCUT2D eigenvalue weighted by molar-refractivity contribution is 1.60. The minimum Gasteiger partial charge on any atom is -0.0620 e. The molecule has 0 unspecified atom stereocenters. The summed E-state index contributed by atoms with van der Waals surface area (Å²) in [4.78, 5) is 4.02. The minimum atomic E-state index is -2.21. The van der Waals surface area contributed by atoms with Gasteiger partial charge in [0.1, 0.15) is 21.2 Å². The second-order valence-corrected chi connectivity index (χ2v) is 15.7. The number of benzene rings is 4. The van der Waals surface area contributed by atoms with E-state index in [1.165, 1.54) is 21.2 Å². The van der Waals surface area contributed by atoms with E-state index in [4.69, 9.17) is 24.5 Å². The van der Waals surface area contributed by atoms with Crippen LogP contribution >= 0.6 is 37.7 Å². The van der Waals surface area contributed by atoms with Crippen molar-refractivity contribution in [2.24, 2.45) is 0 Å². The first-order chi connectivity index (χ1) is 14.1. The second-order valence-electron chi connectivity index (χ2n) is 6.71. The fourth-order valence-corrected chi connectivity index (χ4v) is 14.5. The Morgan fingerprint density at radius 1 is 0.379 bits per heavy atom. The molecule has 0 radical (unpaired) electrons. The lowest BCUT2D eigenvalue weighted by atomic mass is 10.4. The summed E-state index contributed by atoms with van der Waals surface area (Å²) in [6, 6.07) is 42.1. The molecule has 0 aliphatic carbocycles. The molecule has 1 N–H and O–H groups in total. The van der Waals surface area contributed by atoms with Gasteiger partial charge in [-0.15, -0.1) is 0 Å². The maximum atomic E-state index is 5.37. The highest BCUT2D eigenvalue weighted by molar-refractivity contribution is 8.65. The minimum absolute atomic E-state index is 1.19. The van der Waals surface area contributed by atoms with Crippen molar-refractivity contribution in [3.63, 3.8) is 0 Å². The highest BCUT2D eigenvalue weighted by Gasteiger charge is 2.54. The molecule has 29 heavy (non-hydrogen) atoms. The highest BCUT2D eigenvalue weighted by Crippen LogP contribution is 2.71. The molecule has 5 heteroatoms. The topological polar surface area (TPSA) is 12.0 Å². The van der Waals surface area contributed by atoms with Gasteiger partial charge in [-0.3, -0.25) is 0 Å². The van der Waals surface area contributed by atoms with Crippen LogP contribution < -0.4 is 26.1 Å². The zero-order valence-electron chi connectivity index (χ0n) is 15.8. The van der Waals surface area contributed by atoms with Crippen LogP contribution in [0.3, 0.4) is 0 Å². The lowest BCUT2D eigenvalue weighted by Crippen LogP contribution is -2.35. The fourth-order valence-electron chi connectivity index (χ4n) is 3.31. The van der Waals surface area contributed by atoms with Crippen LogP contribution in [-0.2, 0) is 0 Å². The van der Waals surface area contributed by atoms with Gasteiger partial charge in [-0.2, -0.15) is 0 Å². The largest absolute Gasteiger partial charge is 0.240 e. The van der Waals surface area contributed by atoms with Crippen LogP contribution in [0.4, 0.5) is 0 Å². The second kappa shape index (κ2) is 9.04. The zero-order chi connectivity index (χ0) is 20.2. The van der Waals surface area contributed by atoms with Gasteiger partial charge in [0.25, 0.3) is 0 Å². The van der Waals surface area contributed by atoms with Crippen LogP contribution in [-0.4, -0.2) is 0 Å². The van der Waals surface area contributed by atoms with Crippen molar-refractivity contribution in [1.29, 1.82) is 0 Å². The Kier molecular flexibility index (Phi) is 6.44. The molecule has 0 aliphatic heterocycles. The molecule has 144 valence electrons. The molecule has 0 spiro atoms. The monoisotopic (exact) mass is 451 g/mol. The predicted molar refractivity (Wildman–Crippen MR) is 139 cm³/mol. The number of hydrogen-bond acceptors (Lipinski definition) is 3. The van der Waals surface area contributed by atoms with E-state index in [0.29, 0.717) is 0 Å². The summed E-state index contributed by atoms with van der Waals surface area (Å²) in [7, 11) is 0. The molecular formula is C24H23NP2S2+2. The number of nitrogens with one attached hydrogen (secondary N) is 1. The average molecular weight is 452 g/mol. The number of hydrogen-bond donors (Lipinski definition) is 3. The molecule has 4 aromatic carbocycles. The molecule has 0 aliphatic rings. The van der Waals surface area contributed by atoms with Crippen LogP contribution in [0, 0.1) is 0 Å². The van der Waals surface area contributed by atoms with Gasteiger partial charge in [0, 0.05) is 24.5 Å². The quantitative estimate of drug-likeness (QED) is 0.262. The Balaban J connectivity index is 1.91. The molecule has 1 nitrogen and oxygen atoms in total. The van der Waals surface area contributed by atoms with Crippen molar-refractivity contribution in [3.05, 3.63) is 121 Å². The van der Waals surface area contributed by atoms with Gasteiger partial charge >= 0.3 is 0 Å². The third kappa shape index (κ3) is 4.31. The van der Waals surface area contributed by atoms with E-state index in [1.807, 2.05) is 24.3 Å². The van der Waals surface area contributed by atoms with Gasteiger partial charge in [0.05, 0.1) is 0 Å². The summed E-state index contributed by atoms with van der Waals surface area (Å²) >= 11 is 10.7. The van der Waals surface area contributed by atoms with E-state index in [-0.39, 0.29) is 0 Å². The Labute approximate surface area is 184 Å². The molecule has 0 aromatic heterocycles. The summed E-state index contributed by atoms with van der Waals surface area (Å²) in [6.45, 7) is -4.42. The first-order valence-corrected chi connectivity index (χ1v) is 15.3. The maximum Gasteiger partial charge on any atom is 0.240 e. The third-order valence-electron chi connectivity index (χ3n) is 4.81. The normalized spacial score (nSPS) is 11.9. The van der Waals surface area contributed by atoms with E-state index in [9.17, 15) is 0 Å². The van der Waals surface area contributed by atoms with Gasteiger partial charge in [-0.05, 0) is 53.4 Å². The zero-order valence-corrected chi connectivity index (χ0v) is 19.4. The Morgan fingerprint density at radius 3 is 0.793 bits per heavy atom. The molecule has 0 bridgehead atoms. The van der Waals surface area contributed by atoms with E-state index < -0.39 is 13.2 Å². The van der Waals surface area contributed by atoms with Crippen LogP contribution in [0.25, 0.3) is 0 Å². The van der Waals surface area contributed by atoms with Crippen molar-refractivity contribution in [2.45, 2.75) is 0 Å². The van der Waals surface area contributed by atoms with Crippen LogP contribution in [0.2, 0.25) is 0 Å². The van der Waals surface area contributed by atoms with Crippen molar-refractivity contribution >= 4 is 58.9 Å². The Morgan fingerprint density at radius 2 is 0.586 bits per heavy atom. The molecular weight excluding hydrogens is 428 g/mol. The molecule has 0 amide bonds. The highest BCUT2D eigenvalue weighted by atomic mass is 32.7. The fraction of sp³-hybridized carbons (Fsp3) is 0. The molecule has 0 saturated heterocycles. The van der Waals surface area contributed by atoms with Gasteiger partial charge in [0.15, 0.2) is 0 Å². The average Bonchev–Trinajstić information content (AvgIpc) is 2.81. The summed E-state index contributed by atoms with van der Waals surface area (Å²) in [5.74, 6) is 0. The van der Waals surface area contributed by atoms with E-state index in [2.05, 4.69) is 102 Å². The first kappa shape index (κ1) is 20.7. The summed E-state index contributed by atoms with van der Waals surface area (Å²) in [5.41, 5.74) is 0. The first-order valence-electron chi connectivity index (χ1n) is 9.38. The van der Waals surface area contributed by atoms with Crippen LogP contribution in [0.15, 0.2) is 121 Å². The van der Waals surface area contributed by atoms with Gasteiger partial charge in [-0.25, -0.2) is 0 Å².